The summed E-state index contributed by atoms with van der Waals surface area (Å²) in [5.74, 6) is -3.02. The van der Waals surface area contributed by atoms with Crippen LogP contribution in [0, 0.1) is 17.2 Å². The Labute approximate surface area is 193 Å². The molecule has 1 aromatic rings. The molecule has 0 fully saturated rings. The highest BCUT2D eigenvalue weighted by Crippen LogP contribution is 2.41. The van der Waals surface area contributed by atoms with Gasteiger partial charge in [0.25, 0.3) is 0 Å². The van der Waals surface area contributed by atoms with Crippen LogP contribution in [0.15, 0.2) is 33.3 Å². The predicted molar refractivity (Wildman–Crippen MR) is 120 cm³/mol. The third-order valence-electron chi connectivity index (χ3n) is 4.72. The number of nitrogens with one attached hydrogen (secondary N) is 2. The fourth-order valence-electron chi connectivity index (χ4n) is 3.15. The molecule has 0 radical (unpaired) electrons. The number of carbonyl (C=O) groups excluding carboxylic acids is 3. The van der Waals surface area contributed by atoms with Gasteiger partial charge >= 0.3 is 5.97 Å². The third-order valence-corrected chi connectivity index (χ3v) is 6.36. The van der Waals surface area contributed by atoms with Gasteiger partial charge in [-0.1, -0.05) is 31.2 Å². The minimum Gasteiger partial charge on any atom is -0.496 e. The highest BCUT2D eigenvalue weighted by Gasteiger charge is 2.44. The van der Waals surface area contributed by atoms with Crippen molar-refractivity contribution in [2.24, 2.45) is 5.92 Å². The molecule has 1 heterocycles. The second kappa shape index (κ2) is 11.8. The van der Waals surface area contributed by atoms with E-state index in [4.69, 9.17) is 9.47 Å². The number of rotatable bonds is 9. The van der Waals surface area contributed by atoms with Crippen molar-refractivity contribution in [3.05, 3.63) is 38.8 Å². The Kier molecular flexibility index (Phi) is 9.40. The van der Waals surface area contributed by atoms with Crippen LogP contribution in [0.5, 0.6) is 5.75 Å². The molecule has 0 unspecified atom stereocenters. The van der Waals surface area contributed by atoms with Crippen LogP contribution in [0.4, 0.5) is 0 Å². The number of benzene rings is 1. The largest absolute Gasteiger partial charge is 0.496 e. The van der Waals surface area contributed by atoms with E-state index in [1.807, 2.05) is 6.92 Å². The Hall–Kier alpha value is -2.51. The quantitative estimate of drug-likeness (QED) is 0.298. The van der Waals surface area contributed by atoms with E-state index in [9.17, 15) is 19.6 Å². The molecule has 10 heteroatoms. The summed E-state index contributed by atoms with van der Waals surface area (Å²) >= 11 is 4.46. The molecule has 1 aliphatic heterocycles. The molecule has 0 saturated heterocycles. The molecule has 2 N–H and O–H groups in total. The molecule has 0 bridgehead atoms. The highest BCUT2D eigenvalue weighted by atomic mass is 79.9. The molecule has 2 atom stereocenters. The van der Waals surface area contributed by atoms with Gasteiger partial charge in [0.1, 0.15) is 11.7 Å². The van der Waals surface area contributed by atoms with Gasteiger partial charge in [0, 0.05) is 12.5 Å². The van der Waals surface area contributed by atoms with Crippen LogP contribution < -0.4 is 15.4 Å². The van der Waals surface area contributed by atoms with E-state index in [2.05, 4.69) is 32.6 Å². The van der Waals surface area contributed by atoms with E-state index in [0.717, 1.165) is 24.6 Å². The fraction of sp³-hybridized carbons (Fsp3) is 0.429. The Balaban J connectivity index is 2.42. The van der Waals surface area contributed by atoms with Crippen molar-refractivity contribution in [3.8, 4) is 11.8 Å². The number of halogens is 1. The van der Waals surface area contributed by atoms with Crippen molar-refractivity contribution in [2.75, 3.05) is 26.5 Å². The minimum absolute atomic E-state index is 0.0342. The number of ether oxygens (including phenoxy) is 2. The molecule has 1 aromatic carbocycles. The van der Waals surface area contributed by atoms with Crippen molar-refractivity contribution in [1.82, 2.24) is 10.6 Å². The molecule has 31 heavy (non-hydrogen) atoms. The summed E-state index contributed by atoms with van der Waals surface area (Å²) in [6.45, 7) is 2.59. The van der Waals surface area contributed by atoms with Crippen molar-refractivity contribution < 1.29 is 23.9 Å². The molecule has 2 rings (SSSR count). The van der Waals surface area contributed by atoms with Gasteiger partial charge in [-0.2, -0.15) is 5.26 Å². The summed E-state index contributed by atoms with van der Waals surface area (Å²) in [6.07, 6.45) is 1.83. The van der Waals surface area contributed by atoms with Crippen LogP contribution in [-0.4, -0.2) is 44.3 Å². The third kappa shape index (κ3) is 6.02. The number of hydrogen-bond acceptors (Lipinski definition) is 7. The zero-order chi connectivity index (χ0) is 23.0. The van der Waals surface area contributed by atoms with Gasteiger partial charge in [-0.25, -0.2) is 0 Å². The fourth-order valence-corrected chi connectivity index (χ4v) is 4.59. The van der Waals surface area contributed by atoms with Crippen LogP contribution in [0.3, 0.4) is 0 Å². The van der Waals surface area contributed by atoms with Gasteiger partial charge in [0.15, 0.2) is 0 Å². The van der Waals surface area contributed by atoms with Gasteiger partial charge in [-0.3, -0.25) is 14.4 Å². The smallest absolute Gasteiger partial charge is 0.319 e. The summed E-state index contributed by atoms with van der Waals surface area (Å²) in [4.78, 5) is 37.3. The highest BCUT2D eigenvalue weighted by molar-refractivity contribution is 9.10. The Morgan fingerprint density at radius 3 is 2.68 bits per heavy atom. The zero-order valence-corrected chi connectivity index (χ0v) is 19.9. The van der Waals surface area contributed by atoms with E-state index in [1.54, 1.807) is 18.2 Å². The molecule has 0 aliphatic carbocycles. The van der Waals surface area contributed by atoms with Crippen LogP contribution in [-0.2, 0) is 19.1 Å². The SMILES string of the molecule is CCCCNC(=O)CSC1=C(C#N)[C@@H](c2ccc(OC)c(Br)c2)[C@@H](C(=O)OC)C(=O)N1. The molecule has 166 valence electrons. The van der Waals surface area contributed by atoms with Gasteiger partial charge in [-0.05, 0) is 40.0 Å². The predicted octanol–water partition coefficient (Wildman–Crippen LogP) is 2.84. The van der Waals surface area contributed by atoms with E-state index in [0.29, 0.717) is 22.3 Å². The van der Waals surface area contributed by atoms with Gasteiger partial charge in [0.2, 0.25) is 11.8 Å². The number of nitrogens with zero attached hydrogens (tertiary/aromatic N) is 1. The number of hydrogen-bond donors (Lipinski definition) is 2. The Morgan fingerprint density at radius 1 is 1.35 bits per heavy atom. The van der Waals surface area contributed by atoms with Crippen molar-refractivity contribution in [2.45, 2.75) is 25.7 Å². The maximum Gasteiger partial charge on any atom is 0.319 e. The van der Waals surface area contributed by atoms with Crippen LogP contribution in [0.1, 0.15) is 31.2 Å². The molecule has 8 nitrogen and oxygen atoms in total. The summed E-state index contributed by atoms with van der Waals surface area (Å²) in [5, 5.41) is 15.6. The standard InChI is InChI=1S/C21H24BrN3O5S/c1-4-5-8-24-16(26)11-31-20-13(10-23)17(18(19(27)25-20)21(28)30-3)12-6-7-15(29-2)14(22)9-12/h6-7,9,17-18H,4-5,8,11H2,1-3H3,(H,24,26)(H,25,27)/t17-,18-/m1/s1. The van der Waals surface area contributed by atoms with Gasteiger partial charge in [-0.15, -0.1) is 0 Å². The number of allylic oxidation sites excluding steroid dienone is 1. The summed E-state index contributed by atoms with van der Waals surface area (Å²) in [7, 11) is 2.71. The number of amides is 2. The van der Waals surface area contributed by atoms with Crippen molar-refractivity contribution >= 4 is 45.5 Å². The Bertz CT molecular complexity index is 928. The minimum atomic E-state index is -1.23. The number of unbranched alkanes of at least 4 members (excludes halogenated alkanes) is 1. The molecular formula is C21H24BrN3O5S. The molecule has 1 aliphatic rings. The maximum atomic E-state index is 12.8. The number of thioether (sulfide) groups is 1. The maximum absolute atomic E-state index is 12.8. The van der Waals surface area contributed by atoms with Crippen LogP contribution in [0.25, 0.3) is 0 Å². The lowest BCUT2D eigenvalue weighted by Gasteiger charge is -2.31. The van der Waals surface area contributed by atoms with Crippen LogP contribution >= 0.6 is 27.7 Å². The lowest BCUT2D eigenvalue weighted by Crippen LogP contribution is -2.44. The van der Waals surface area contributed by atoms with E-state index < -0.39 is 23.7 Å². The molecule has 0 spiro atoms. The second-order valence-electron chi connectivity index (χ2n) is 6.71. The first-order chi connectivity index (χ1) is 14.9. The molecular weight excluding hydrogens is 486 g/mol. The van der Waals surface area contributed by atoms with Crippen molar-refractivity contribution in [1.29, 1.82) is 5.26 Å². The molecule has 2 amide bonds. The Morgan fingerprint density at radius 2 is 2.10 bits per heavy atom. The van der Waals surface area contributed by atoms with Crippen molar-refractivity contribution in [3.63, 3.8) is 0 Å². The van der Waals surface area contributed by atoms with E-state index >= 15 is 0 Å². The van der Waals surface area contributed by atoms with E-state index in [-0.39, 0.29) is 22.3 Å². The second-order valence-corrected chi connectivity index (χ2v) is 8.55. The number of nitriles is 1. The van der Waals surface area contributed by atoms with Gasteiger partial charge in [0.05, 0.1) is 41.1 Å². The first-order valence-electron chi connectivity index (χ1n) is 9.63. The van der Waals surface area contributed by atoms with Crippen LogP contribution in [0.2, 0.25) is 0 Å². The first kappa shape index (κ1) is 24.8. The lowest BCUT2D eigenvalue weighted by atomic mass is 9.78. The van der Waals surface area contributed by atoms with Gasteiger partial charge < -0.3 is 20.1 Å². The summed E-state index contributed by atoms with van der Waals surface area (Å²) < 4.78 is 10.7. The summed E-state index contributed by atoms with van der Waals surface area (Å²) in [6, 6.07) is 7.20. The topological polar surface area (TPSA) is 118 Å². The molecule has 0 saturated carbocycles. The summed E-state index contributed by atoms with van der Waals surface area (Å²) in [5.41, 5.74) is 0.762. The number of esters is 1. The zero-order valence-electron chi connectivity index (χ0n) is 17.5. The lowest BCUT2D eigenvalue weighted by molar-refractivity contribution is -0.150. The average molecular weight is 510 g/mol. The number of methoxy groups -OCH3 is 2. The molecule has 0 aromatic heterocycles. The number of carbonyl (C=O) groups is 3. The monoisotopic (exact) mass is 509 g/mol. The normalized spacial score (nSPS) is 18.1. The van der Waals surface area contributed by atoms with E-state index in [1.165, 1.54) is 14.2 Å². The average Bonchev–Trinajstić information content (AvgIpc) is 2.76. The first-order valence-corrected chi connectivity index (χ1v) is 11.4.